The minimum absolute atomic E-state index is 0.137. The average Bonchev–Trinajstić information content (AvgIpc) is 3.16. The summed E-state index contributed by atoms with van der Waals surface area (Å²) in [7, 11) is 2.98. The molecule has 0 fully saturated rings. The Bertz CT molecular complexity index is 2050. The molecule has 7 aromatic rings. The molecule has 3 heterocycles. The van der Waals surface area contributed by atoms with Gasteiger partial charge >= 0.3 is 0 Å². The van der Waals surface area contributed by atoms with Gasteiger partial charge in [-0.1, -0.05) is 77.9 Å². The molecule has 3 aromatic heterocycles. The zero-order valence-electron chi connectivity index (χ0n) is 23.2. The SMILES string of the molecule is CC(C)(C)Cc1ccc2c(CC(C)(C)C)c3c(cc2c1)c1nccc2c(P)cc4c5ccccc5n3c4c21. The molecule has 0 aliphatic carbocycles. The molecule has 0 saturated carbocycles. The van der Waals surface area contributed by atoms with Gasteiger partial charge in [0.1, 0.15) is 0 Å². The fourth-order valence-electron chi connectivity index (χ4n) is 6.66. The van der Waals surface area contributed by atoms with Crippen molar-refractivity contribution >= 4 is 74.3 Å². The molecular weight excluding hydrogens is 479 g/mol. The Labute approximate surface area is 226 Å². The van der Waals surface area contributed by atoms with E-state index in [2.05, 4.69) is 116 Å². The third-order valence-electron chi connectivity index (χ3n) is 7.91. The van der Waals surface area contributed by atoms with Crippen LogP contribution in [0.2, 0.25) is 0 Å². The number of hydrogen-bond acceptors (Lipinski definition) is 1. The van der Waals surface area contributed by atoms with Crippen LogP contribution in [0.5, 0.6) is 0 Å². The number of para-hydroxylation sites is 1. The van der Waals surface area contributed by atoms with E-state index in [4.69, 9.17) is 4.98 Å². The number of rotatable bonds is 2. The first-order valence-corrected chi connectivity index (χ1v) is 14.3. The summed E-state index contributed by atoms with van der Waals surface area (Å²) in [6.07, 6.45) is 4.04. The Morgan fingerprint density at radius 2 is 1.47 bits per heavy atom. The second-order valence-electron chi connectivity index (χ2n) is 13.6. The highest BCUT2D eigenvalue weighted by Crippen LogP contribution is 2.44. The smallest absolute Gasteiger partial charge is 0.0823 e. The lowest BCUT2D eigenvalue weighted by Gasteiger charge is -2.24. The molecule has 0 N–H and O–H groups in total. The molecule has 0 radical (unpaired) electrons. The predicted molar refractivity (Wildman–Crippen MR) is 170 cm³/mol. The normalized spacial score (nSPS) is 13.3. The lowest BCUT2D eigenvalue weighted by atomic mass is 9.83. The van der Waals surface area contributed by atoms with Crippen molar-refractivity contribution in [3.63, 3.8) is 0 Å². The number of nitrogens with zero attached hydrogens (tertiary/aromatic N) is 2. The Balaban J connectivity index is 1.77. The van der Waals surface area contributed by atoms with Gasteiger partial charge in [0, 0.05) is 27.7 Å². The van der Waals surface area contributed by atoms with E-state index in [-0.39, 0.29) is 10.8 Å². The zero-order valence-corrected chi connectivity index (χ0v) is 24.4. The minimum Gasteiger partial charge on any atom is -0.308 e. The van der Waals surface area contributed by atoms with Gasteiger partial charge in [0.05, 0.1) is 22.1 Å². The maximum atomic E-state index is 5.08. The fourth-order valence-corrected chi connectivity index (χ4v) is 7.06. The summed E-state index contributed by atoms with van der Waals surface area (Å²) in [6, 6.07) is 23.0. The van der Waals surface area contributed by atoms with Crippen LogP contribution in [0.3, 0.4) is 0 Å². The van der Waals surface area contributed by atoms with Crippen LogP contribution < -0.4 is 5.30 Å². The van der Waals surface area contributed by atoms with Gasteiger partial charge in [-0.25, -0.2) is 0 Å². The van der Waals surface area contributed by atoms with Gasteiger partial charge in [-0.3, -0.25) is 4.98 Å². The highest BCUT2D eigenvalue weighted by Gasteiger charge is 2.25. The monoisotopic (exact) mass is 514 g/mol. The van der Waals surface area contributed by atoms with Gasteiger partial charge < -0.3 is 4.40 Å². The van der Waals surface area contributed by atoms with Crippen LogP contribution in [-0.2, 0) is 12.8 Å². The Morgan fingerprint density at radius 1 is 0.711 bits per heavy atom. The molecule has 1 atom stereocenters. The Hall–Kier alpha value is -3.22. The van der Waals surface area contributed by atoms with Crippen molar-refractivity contribution < 1.29 is 0 Å². The van der Waals surface area contributed by atoms with Gasteiger partial charge in [-0.15, -0.1) is 9.24 Å². The Morgan fingerprint density at radius 3 is 2.24 bits per heavy atom. The minimum atomic E-state index is 0.137. The third-order valence-corrected chi connectivity index (χ3v) is 8.39. The highest BCUT2D eigenvalue weighted by molar-refractivity contribution is 7.28. The standard InChI is InChI=1S/C35H35N2P/c1-34(2,3)18-20-11-12-22-21(15-20)16-26-31-30-24(13-14-36-31)29(38)17-25-23-9-7-8-10-28(23)37(33(25)30)32(26)27(22)19-35(4,5)6/h7-17H,18-19,38H2,1-6H3. The summed E-state index contributed by atoms with van der Waals surface area (Å²) < 4.78 is 2.56. The number of aromatic nitrogens is 2. The molecule has 3 heteroatoms. The second-order valence-corrected chi connectivity index (χ2v) is 14.2. The quantitative estimate of drug-likeness (QED) is 0.128. The van der Waals surface area contributed by atoms with Gasteiger partial charge in [0.25, 0.3) is 0 Å². The van der Waals surface area contributed by atoms with Crippen molar-refractivity contribution in [3.8, 4) is 0 Å². The summed E-state index contributed by atoms with van der Waals surface area (Å²) in [4.78, 5) is 5.08. The molecule has 38 heavy (non-hydrogen) atoms. The summed E-state index contributed by atoms with van der Waals surface area (Å²) in [5.41, 5.74) is 8.19. The van der Waals surface area contributed by atoms with E-state index in [1.165, 1.54) is 70.7 Å². The molecule has 2 nitrogen and oxygen atoms in total. The van der Waals surface area contributed by atoms with Crippen LogP contribution in [0.25, 0.3) is 59.8 Å². The molecule has 1 unspecified atom stereocenters. The summed E-state index contributed by atoms with van der Waals surface area (Å²) in [5.74, 6) is 0. The van der Waals surface area contributed by atoms with E-state index >= 15 is 0 Å². The lowest BCUT2D eigenvalue weighted by molar-refractivity contribution is 0.411. The van der Waals surface area contributed by atoms with Crippen molar-refractivity contribution in [1.29, 1.82) is 0 Å². The van der Waals surface area contributed by atoms with E-state index in [0.29, 0.717) is 0 Å². The first-order chi connectivity index (χ1) is 18.0. The van der Waals surface area contributed by atoms with E-state index in [1.807, 2.05) is 6.20 Å². The lowest BCUT2D eigenvalue weighted by Crippen LogP contribution is -2.12. The van der Waals surface area contributed by atoms with Gasteiger partial charge in [-0.2, -0.15) is 0 Å². The van der Waals surface area contributed by atoms with Crippen molar-refractivity contribution in [1.82, 2.24) is 9.38 Å². The second kappa shape index (κ2) is 7.90. The number of fused-ring (bicyclic) bond motifs is 7. The molecule has 0 aliphatic heterocycles. The molecule has 0 spiro atoms. The van der Waals surface area contributed by atoms with Crippen molar-refractivity contribution in [3.05, 3.63) is 78.0 Å². The molecular formula is C35H35N2P. The van der Waals surface area contributed by atoms with Gasteiger partial charge in [-0.05, 0) is 80.5 Å². The van der Waals surface area contributed by atoms with Crippen LogP contribution >= 0.6 is 9.24 Å². The molecule has 7 rings (SSSR count). The highest BCUT2D eigenvalue weighted by atomic mass is 31.0. The van der Waals surface area contributed by atoms with Crippen LogP contribution in [0, 0.1) is 10.8 Å². The average molecular weight is 515 g/mol. The molecule has 190 valence electrons. The van der Waals surface area contributed by atoms with Crippen LogP contribution in [0.4, 0.5) is 0 Å². The number of pyridine rings is 2. The Kier molecular flexibility index (Phi) is 4.96. The van der Waals surface area contributed by atoms with Crippen molar-refractivity contribution in [2.24, 2.45) is 10.8 Å². The number of benzene rings is 4. The van der Waals surface area contributed by atoms with E-state index in [9.17, 15) is 0 Å². The molecule has 0 aliphatic rings. The fraction of sp³-hybridized carbons (Fsp3) is 0.286. The van der Waals surface area contributed by atoms with Crippen molar-refractivity contribution in [2.45, 2.75) is 54.4 Å². The predicted octanol–water partition coefficient (Wildman–Crippen LogP) is 9.22. The van der Waals surface area contributed by atoms with Gasteiger partial charge in [0.2, 0.25) is 0 Å². The molecule has 0 bridgehead atoms. The molecule has 0 amide bonds. The van der Waals surface area contributed by atoms with E-state index < -0.39 is 0 Å². The maximum Gasteiger partial charge on any atom is 0.0823 e. The summed E-state index contributed by atoms with van der Waals surface area (Å²) in [5, 5.41) is 10.3. The largest absolute Gasteiger partial charge is 0.308 e. The van der Waals surface area contributed by atoms with Crippen molar-refractivity contribution in [2.75, 3.05) is 0 Å². The number of hydrogen-bond donors (Lipinski definition) is 0. The maximum absolute atomic E-state index is 5.08. The summed E-state index contributed by atoms with van der Waals surface area (Å²) >= 11 is 0. The first-order valence-electron chi connectivity index (χ1n) is 13.7. The van der Waals surface area contributed by atoms with E-state index in [1.54, 1.807) is 0 Å². The van der Waals surface area contributed by atoms with Crippen LogP contribution in [0.1, 0.15) is 52.7 Å². The van der Waals surface area contributed by atoms with Crippen LogP contribution in [0.15, 0.2) is 66.9 Å². The zero-order chi connectivity index (χ0) is 26.6. The first kappa shape index (κ1) is 23.9. The van der Waals surface area contributed by atoms with E-state index in [0.717, 1.165) is 18.4 Å². The molecule has 4 aromatic carbocycles. The third kappa shape index (κ3) is 3.53. The van der Waals surface area contributed by atoms with Gasteiger partial charge in [0.15, 0.2) is 0 Å². The molecule has 0 saturated heterocycles. The summed E-state index contributed by atoms with van der Waals surface area (Å²) in [6.45, 7) is 14.0. The van der Waals surface area contributed by atoms with Crippen LogP contribution in [-0.4, -0.2) is 9.38 Å². The topological polar surface area (TPSA) is 17.3 Å².